The van der Waals surface area contributed by atoms with Gasteiger partial charge in [0.05, 0.1) is 23.3 Å². The van der Waals surface area contributed by atoms with E-state index in [0.717, 1.165) is 35.5 Å². The van der Waals surface area contributed by atoms with Crippen LogP contribution in [0.2, 0.25) is 0 Å². The van der Waals surface area contributed by atoms with Crippen LogP contribution in [-0.2, 0) is 10.9 Å². The number of imidazole rings is 1. The van der Waals surface area contributed by atoms with E-state index in [1.165, 1.54) is 13.0 Å². The quantitative estimate of drug-likeness (QED) is 0.429. The smallest absolute Gasteiger partial charge is 0.381 e. The van der Waals surface area contributed by atoms with Crippen LogP contribution >= 0.6 is 0 Å². The van der Waals surface area contributed by atoms with Crippen molar-refractivity contribution in [2.45, 2.75) is 44.8 Å². The minimum absolute atomic E-state index is 0.209. The van der Waals surface area contributed by atoms with Gasteiger partial charge in [-0.2, -0.15) is 18.2 Å². The summed E-state index contributed by atoms with van der Waals surface area (Å²) < 4.78 is 47.6. The van der Waals surface area contributed by atoms with Crippen molar-refractivity contribution < 1.29 is 17.9 Å². The Morgan fingerprint density at radius 2 is 1.97 bits per heavy atom. The first-order valence-corrected chi connectivity index (χ1v) is 11.0. The highest BCUT2D eigenvalue weighted by Gasteiger charge is 2.33. The van der Waals surface area contributed by atoms with Crippen molar-refractivity contribution in [3.05, 3.63) is 65.2 Å². The van der Waals surface area contributed by atoms with E-state index in [-0.39, 0.29) is 5.56 Å². The maximum atomic E-state index is 13.4. The Hall–Kier alpha value is -3.20. The summed E-state index contributed by atoms with van der Waals surface area (Å²) in [5, 5.41) is 4.20. The van der Waals surface area contributed by atoms with Gasteiger partial charge in [-0.1, -0.05) is 12.1 Å². The number of aromatic nitrogens is 4. The van der Waals surface area contributed by atoms with Crippen molar-refractivity contribution in [1.29, 1.82) is 0 Å². The summed E-state index contributed by atoms with van der Waals surface area (Å²) in [5.74, 6) is 1.37. The van der Waals surface area contributed by atoms with Crippen LogP contribution in [0.4, 0.5) is 19.0 Å². The molecule has 1 aromatic carbocycles. The van der Waals surface area contributed by atoms with E-state index in [1.54, 1.807) is 12.3 Å². The van der Waals surface area contributed by atoms with Gasteiger partial charge in [-0.25, -0.2) is 4.98 Å². The minimum atomic E-state index is -4.40. The van der Waals surface area contributed by atoms with E-state index in [0.29, 0.717) is 36.3 Å². The average Bonchev–Trinajstić information content (AvgIpc) is 3.27. The van der Waals surface area contributed by atoms with Gasteiger partial charge in [-0.3, -0.25) is 9.38 Å². The first-order chi connectivity index (χ1) is 15.8. The lowest BCUT2D eigenvalue weighted by Crippen LogP contribution is -2.16. The van der Waals surface area contributed by atoms with E-state index in [2.05, 4.69) is 15.3 Å². The molecule has 33 heavy (non-hydrogen) atoms. The Labute approximate surface area is 188 Å². The Kier molecular flexibility index (Phi) is 5.44. The number of fused-ring (bicyclic) bond motifs is 3. The number of nitrogens with one attached hydrogen (secondary N) is 1. The van der Waals surface area contributed by atoms with Gasteiger partial charge >= 0.3 is 6.18 Å². The average molecular weight is 455 g/mol. The molecule has 3 aromatic heterocycles. The molecule has 5 rings (SSSR count). The number of pyridine rings is 1. The number of rotatable bonds is 4. The number of hydrogen-bond acceptors (Lipinski definition) is 5. The van der Waals surface area contributed by atoms with Crippen molar-refractivity contribution in [2.75, 3.05) is 18.5 Å². The first kappa shape index (κ1) is 21.6. The number of nitrogens with zero attached hydrogens (tertiary/aromatic N) is 4. The molecule has 4 aromatic rings. The number of ether oxygens (including phenoxy) is 1. The molecule has 1 aliphatic rings. The fourth-order valence-electron chi connectivity index (χ4n) is 4.61. The van der Waals surface area contributed by atoms with Crippen LogP contribution in [0.25, 0.3) is 16.7 Å². The number of alkyl halides is 3. The van der Waals surface area contributed by atoms with Gasteiger partial charge in [0.15, 0.2) is 0 Å². The predicted octanol–water partition coefficient (Wildman–Crippen LogP) is 5.67. The summed E-state index contributed by atoms with van der Waals surface area (Å²) in [4.78, 5) is 13.7. The summed E-state index contributed by atoms with van der Waals surface area (Å²) >= 11 is 0. The first-order valence-electron chi connectivity index (χ1n) is 11.0. The van der Waals surface area contributed by atoms with Gasteiger partial charge in [0, 0.05) is 42.6 Å². The summed E-state index contributed by atoms with van der Waals surface area (Å²) in [6.45, 7) is 4.76. The highest BCUT2D eigenvalue weighted by molar-refractivity contribution is 5.91. The van der Waals surface area contributed by atoms with E-state index in [9.17, 15) is 13.2 Å². The van der Waals surface area contributed by atoms with Gasteiger partial charge in [0.2, 0.25) is 5.78 Å². The van der Waals surface area contributed by atoms with Crippen molar-refractivity contribution in [3.63, 3.8) is 0 Å². The lowest BCUT2D eigenvalue weighted by atomic mass is 9.95. The van der Waals surface area contributed by atoms with Crippen LogP contribution in [0.5, 0.6) is 0 Å². The molecule has 0 bridgehead atoms. The Morgan fingerprint density at radius 3 is 2.73 bits per heavy atom. The van der Waals surface area contributed by atoms with Gasteiger partial charge in [0.1, 0.15) is 5.82 Å². The number of anilines is 1. The number of halogens is 3. The molecule has 1 saturated heterocycles. The zero-order chi connectivity index (χ0) is 23.2. The zero-order valence-corrected chi connectivity index (χ0v) is 18.4. The summed E-state index contributed by atoms with van der Waals surface area (Å²) in [6, 6.07) is 5.90. The van der Waals surface area contributed by atoms with Crippen LogP contribution in [-0.4, -0.2) is 32.6 Å². The third kappa shape index (κ3) is 4.01. The predicted molar refractivity (Wildman–Crippen MR) is 119 cm³/mol. The molecule has 0 amide bonds. The monoisotopic (exact) mass is 455 g/mol. The Morgan fingerprint density at radius 1 is 1.18 bits per heavy atom. The number of hydrogen-bond donors (Lipinski definition) is 1. The molecular formula is C24H24F3N5O. The van der Waals surface area contributed by atoms with E-state index >= 15 is 0 Å². The highest BCUT2D eigenvalue weighted by Crippen LogP contribution is 2.36. The zero-order valence-electron chi connectivity index (χ0n) is 18.4. The van der Waals surface area contributed by atoms with Crippen LogP contribution in [0.1, 0.15) is 54.1 Å². The van der Waals surface area contributed by atoms with E-state index in [1.807, 2.05) is 29.8 Å². The normalized spacial score (nSPS) is 16.4. The second kappa shape index (κ2) is 8.30. The minimum Gasteiger partial charge on any atom is -0.381 e. The van der Waals surface area contributed by atoms with Gasteiger partial charge in [-0.15, -0.1) is 0 Å². The van der Waals surface area contributed by atoms with Crippen LogP contribution in [0.3, 0.4) is 0 Å². The Balaban J connectivity index is 1.58. The van der Waals surface area contributed by atoms with Crippen LogP contribution < -0.4 is 5.32 Å². The molecule has 1 fully saturated rings. The lowest BCUT2D eigenvalue weighted by molar-refractivity contribution is -0.138. The highest BCUT2D eigenvalue weighted by atomic mass is 19.4. The van der Waals surface area contributed by atoms with Crippen molar-refractivity contribution >= 4 is 22.5 Å². The molecule has 1 atom stereocenters. The maximum Gasteiger partial charge on any atom is 0.416 e. The van der Waals surface area contributed by atoms with Gasteiger partial charge in [-0.05, 0) is 49.9 Å². The van der Waals surface area contributed by atoms with E-state index in [4.69, 9.17) is 9.72 Å². The molecule has 0 aliphatic carbocycles. The van der Waals surface area contributed by atoms with Crippen molar-refractivity contribution in [1.82, 2.24) is 19.4 Å². The number of benzene rings is 1. The molecule has 9 heteroatoms. The maximum absolute atomic E-state index is 13.4. The molecule has 0 unspecified atom stereocenters. The molecule has 0 saturated carbocycles. The molecule has 0 spiro atoms. The fraction of sp³-hybridized carbons (Fsp3) is 0.375. The second-order valence-electron chi connectivity index (χ2n) is 8.45. The van der Waals surface area contributed by atoms with Gasteiger partial charge < -0.3 is 10.1 Å². The Bertz CT molecular complexity index is 1310. The van der Waals surface area contributed by atoms with Crippen molar-refractivity contribution in [3.8, 4) is 0 Å². The standard InChI is InChI=1S/C24H24F3N5O/c1-14-17(4-3-5-19(14)24(25,26)27)15(2)30-22-18-12-20(16-6-10-33-11-7-16)29-13-21(18)32-9-8-28-23(32)31-22/h3-5,8-9,12-13,15-16H,6-7,10-11H2,1-2H3,(H,28,30,31)/t15-/m1/s1. The topological polar surface area (TPSA) is 64.3 Å². The molecule has 6 nitrogen and oxygen atoms in total. The van der Waals surface area contributed by atoms with Gasteiger partial charge in [0.25, 0.3) is 0 Å². The fourth-order valence-corrected chi connectivity index (χ4v) is 4.61. The van der Waals surface area contributed by atoms with Crippen molar-refractivity contribution in [2.24, 2.45) is 0 Å². The molecule has 4 heterocycles. The van der Waals surface area contributed by atoms with E-state index < -0.39 is 17.8 Å². The second-order valence-corrected chi connectivity index (χ2v) is 8.45. The molecule has 1 aliphatic heterocycles. The molecular weight excluding hydrogens is 431 g/mol. The molecule has 1 N–H and O–H groups in total. The third-order valence-electron chi connectivity index (χ3n) is 6.39. The van der Waals surface area contributed by atoms with Crippen LogP contribution in [0, 0.1) is 6.92 Å². The largest absolute Gasteiger partial charge is 0.416 e. The lowest BCUT2D eigenvalue weighted by Gasteiger charge is -2.23. The molecule has 172 valence electrons. The summed E-state index contributed by atoms with van der Waals surface area (Å²) in [5.41, 5.74) is 1.96. The third-order valence-corrected chi connectivity index (χ3v) is 6.39. The van der Waals surface area contributed by atoms with Crippen LogP contribution in [0.15, 0.2) is 42.9 Å². The molecule has 0 radical (unpaired) electrons. The summed E-state index contributed by atoms with van der Waals surface area (Å²) in [6.07, 6.45) is 2.72. The SMILES string of the molecule is Cc1c([C@@H](C)Nc2nc3nccn3c3cnc(C4CCOCC4)cc23)cccc1C(F)(F)F. The summed E-state index contributed by atoms with van der Waals surface area (Å²) in [7, 11) is 0.